The smallest absolute Gasteiger partial charge is 0.321 e. The Labute approximate surface area is 146 Å². The van der Waals surface area contributed by atoms with Gasteiger partial charge in [-0.3, -0.25) is 4.90 Å². The summed E-state index contributed by atoms with van der Waals surface area (Å²) in [6, 6.07) is 10.2. The van der Waals surface area contributed by atoms with Gasteiger partial charge in [0.2, 0.25) is 0 Å². The van der Waals surface area contributed by atoms with Gasteiger partial charge in [-0.1, -0.05) is 6.07 Å². The molecule has 0 saturated carbocycles. The molecule has 1 aliphatic heterocycles. The van der Waals surface area contributed by atoms with Crippen LogP contribution in [0.2, 0.25) is 0 Å². The summed E-state index contributed by atoms with van der Waals surface area (Å²) in [5.74, 6) is 1.50. The summed E-state index contributed by atoms with van der Waals surface area (Å²) in [5.41, 5.74) is 1.38. The van der Waals surface area contributed by atoms with Crippen LogP contribution in [-0.2, 0) is 0 Å². The van der Waals surface area contributed by atoms with E-state index in [1.165, 1.54) is 0 Å². The zero-order valence-corrected chi connectivity index (χ0v) is 14.3. The molecule has 2 heterocycles. The molecule has 0 bridgehead atoms. The molecule has 25 heavy (non-hydrogen) atoms. The number of nitrogens with zero attached hydrogens (tertiary/aromatic N) is 1. The Kier molecular flexibility index (Phi) is 4.92. The number of anilines is 2. The number of aryl methyl sites for hydroxylation is 1. The van der Waals surface area contributed by atoms with Gasteiger partial charge in [0.1, 0.15) is 11.5 Å². The van der Waals surface area contributed by atoms with Crippen molar-refractivity contribution in [3.63, 3.8) is 0 Å². The van der Waals surface area contributed by atoms with Crippen LogP contribution in [0.4, 0.5) is 21.0 Å². The highest BCUT2D eigenvalue weighted by Crippen LogP contribution is 2.21. The van der Waals surface area contributed by atoms with Crippen molar-refractivity contribution in [1.29, 1.82) is 0 Å². The number of nitrogens with one attached hydrogen (secondary N) is 3. The van der Waals surface area contributed by atoms with Crippen LogP contribution >= 0.6 is 0 Å². The Hall–Kier alpha value is -2.96. The van der Waals surface area contributed by atoms with E-state index in [9.17, 15) is 9.59 Å². The van der Waals surface area contributed by atoms with Gasteiger partial charge in [0.15, 0.2) is 0 Å². The van der Waals surface area contributed by atoms with E-state index < -0.39 is 0 Å². The van der Waals surface area contributed by atoms with Gasteiger partial charge >= 0.3 is 12.1 Å². The second-order valence-electron chi connectivity index (χ2n) is 6.06. The fourth-order valence-corrected chi connectivity index (χ4v) is 2.75. The molecule has 0 unspecified atom stereocenters. The maximum Gasteiger partial charge on any atom is 0.321 e. The van der Waals surface area contributed by atoms with E-state index in [4.69, 9.17) is 4.42 Å². The highest BCUT2D eigenvalue weighted by atomic mass is 16.3. The molecule has 132 valence electrons. The Morgan fingerprint density at radius 3 is 2.88 bits per heavy atom. The van der Waals surface area contributed by atoms with Crippen LogP contribution in [0.3, 0.4) is 0 Å². The lowest BCUT2D eigenvalue weighted by molar-refractivity contribution is 0.243. The fourth-order valence-electron chi connectivity index (χ4n) is 2.75. The number of urea groups is 2. The molecule has 0 aliphatic carbocycles. The van der Waals surface area contributed by atoms with E-state index in [0.717, 1.165) is 17.9 Å². The van der Waals surface area contributed by atoms with Crippen molar-refractivity contribution in [2.75, 3.05) is 23.3 Å². The predicted molar refractivity (Wildman–Crippen MR) is 95.8 cm³/mol. The molecule has 2 aromatic rings. The number of carbonyl (C=O) groups excluding carboxylic acids is 2. The Bertz CT molecular complexity index is 771. The van der Waals surface area contributed by atoms with Crippen molar-refractivity contribution in [2.24, 2.45) is 0 Å². The van der Waals surface area contributed by atoms with E-state index >= 15 is 0 Å². The summed E-state index contributed by atoms with van der Waals surface area (Å²) < 4.78 is 5.51. The van der Waals surface area contributed by atoms with Crippen LogP contribution in [0, 0.1) is 6.92 Å². The molecule has 0 spiro atoms. The first-order valence-corrected chi connectivity index (χ1v) is 8.32. The lowest BCUT2D eigenvalue weighted by atomic mass is 10.2. The second-order valence-corrected chi connectivity index (χ2v) is 6.06. The number of hydrogen-bond donors (Lipinski definition) is 3. The molecule has 1 saturated heterocycles. The Morgan fingerprint density at radius 1 is 1.32 bits per heavy atom. The third-order valence-corrected chi connectivity index (χ3v) is 4.03. The normalized spacial score (nSPS) is 15.4. The molecule has 1 atom stereocenters. The van der Waals surface area contributed by atoms with Gasteiger partial charge in [-0.05, 0) is 50.6 Å². The predicted octanol–water partition coefficient (Wildman–Crippen LogP) is 3.39. The van der Waals surface area contributed by atoms with Gasteiger partial charge in [-0.2, -0.15) is 0 Å². The Balaban J connectivity index is 1.63. The van der Waals surface area contributed by atoms with Crippen molar-refractivity contribution in [2.45, 2.75) is 26.3 Å². The van der Waals surface area contributed by atoms with Crippen LogP contribution in [-0.4, -0.2) is 25.2 Å². The summed E-state index contributed by atoms with van der Waals surface area (Å²) in [7, 11) is 0. The monoisotopic (exact) mass is 342 g/mol. The van der Waals surface area contributed by atoms with Crippen LogP contribution in [0.15, 0.2) is 40.8 Å². The molecule has 7 heteroatoms. The van der Waals surface area contributed by atoms with Gasteiger partial charge < -0.3 is 20.4 Å². The van der Waals surface area contributed by atoms with Gasteiger partial charge in [0.05, 0.1) is 6.04 Å². The minimum atomic E-state index is -0.332. The third kappa shape index (κ3) is 4.12. The summed E-state index contributed by atoms with van der Waals surface area (Å²) in [5, 5.41) is 8.44. The minimum absolute atomic E-state index is 0.116. The van der Waals surface area contributed by atoms with E-state index in [1.807, 2.05) is 38.1 Å². The SMILES string of the molecule is Cc1ccc([C@@H](C)NC(=O)Nc2cccc(N3CCCNC3=O)c2)o1. The second kappa shape index (κ2) is 7.29. The van der Waals surface area contributed by atoms with Gasteiger partial charge in [-0.25, -0.2) is 9.59 Å². The third-order valence-electron chi connectivity index (χ3n) is 4.03. The molecule has 0 radical (unpaired) electrons. The number of benzene rings is 1. The zero-order chi connectivity index (χ0) is 17.8. The highest BCUT2D eigenvalue weighted by molar-refractivity contribution is 5.94. The van der Waals surface area contributed by atoms with Gasteiger partial charge in [-0.15, -0.1) is 0 Å². The summed E-state index contributed by atoms with van der Waals surface area (Å²) in [6.07, 6.45) is 0.893. The van der Waals surface area contributed by atoms with Crippen LogP contribution in [0.1, 0.15) is 30.9 Å². The van der Waals surface area contributed by atoms with E-state index in [-0.39, 0.29) is 18.1 Å². The highest BCUT2D eigenvalue weighted by Gasteiger charge is 2.19. The number of furan rings is 1. The van der Waals surface area contributed by atoms with Crippen molar-refractivity contribution < 1.29 is 14.0 Å². The number of carbonyl (C=O) groups is 2. The van der Waals surface area contributed by atoms with E-state index in [2.05, 4.69) is 16.0 Å². The van der Waals surface area contributed by atoms with E-state index in [1.54, 1.807) is 17.0 Å². The topological polar surface area (TPSA) is 86.6 Å². The summed E-state index contributed by atoms with van der Waals surface area (Å²) >= 11 is 0. The molecule has 3 N–H and O–H groups in total. The fraction of sp³-hybridized carbons (Fsp3) is 0.333. The molecule has 1 aromatic heterocycles. The molecular weight excluding hydrogens is 320 g/mol. The first kappa shape index (κ1) is 16.9. The average Bonchev–Trinajstić information content (AvgIpc) is 3.02. The van der Waals surface area contributed by atoms with Crippen molar-refractivity contribution in [1.82, 2.24) is 10.6 Å². The van der Waals surface area contributed by atoms with Gasteiger partial charge in [0, 0.05) is 24.5 Å². The first-order chi connectivity index (χ1) is 12.0. The molecule has 1 fully saturated rings. The molecular formula is C18H22N4O3. The first-order valence-electron chi connectivity index (χ1n) is 8.32. The van der Waals surface area contributed by atoms with Crippen molar-refractivity contribution in [3.05, 3.63) is 47.9 Å². The maximum atomic E-state index is 12.2. The van der Waals surface area contributed by atoms with Crippen LogP contribution in [0.5, 0.6) is 0 Å². The quantitative estimate of drug-likeness (QED) is 0.796. The van der Waals surface area contributed by atoms with Gasteiger partial charge in [0.25, 0.3) is 0 Å². The maximum absolute atomic E-state index is 12.2. The molecule has 3 rings (SSSR count). The molecule has 1 aromatic carbocycles. The van der Waals surface area contributed by atoms with Crippen molar-refractivity contribution in [3.8, 4) is 0 Å². The number of rotatable bonds is 4. The molecule has 1 aliphatic rings. The summed E-state index contributed by atoms with van der Waals surface area (Å²) in [4.78, 5) is 25.8. The lowest BCUT2D eigenvalue weighted by Crippen LogP contribution is -2.46. The number of hydrogen-bond acceptors (Lipinski definition) is 3. The molecule has 7 nitrogen and oxygen atoms in total. The summed E-state index contributed by atoms with van der Waals surface area (Å²) in [6.45, 7) is 5.07. The van der Waals surface area contributed by atoms with E-state index in [0.29, 0.717) is 24.5 Å². The standard InChI is InChI=1S/C18H22N4O3/c1-12-7-8-16(25-12)13(2)20-17(23)21-14-5-3-6-15(11-14)22-10-4-9-19-18(22)24/h3,5-8,11,13H,4,9-10H2,1-2H3,(H,19,24)(H2,20,21,23)/t13-/m1/s1. The van der Waals surface area contributed by atoms with Crippen LogP contribution < -0.4 is 20.9 Å². The van der Waals surface area contributed by atoms with Crippen LogP contribution in [0.25, 0.3) is 0 Å². The lowest BCUT2D eigenvalue weighted by Gasteiger charge is -2.27. The average molecular weight is 342 g/mol. The van der Waals surface area contributed by atoms with Crippen molar-refractivity contribution >= 4 is 23.4 Å². The molecule has 4 amide bonds. The number of amides is 4. The zero-order valence-electron chi connectivity index (χ0n) is 14.3. The minimum Gasteiger partial charge on any atom is -0.464 e. The Morgan fingerprint density at radius 2 is 2.16 bits per heavy atom. The largest absolute Gasteiger partial charge is 0.464 e.